The maximum atomic E-state index is 5.94. The molecule has 0 aliphatic carbocycles. The van der Waals surface area contributed by atoms with Crippen LogP contribution in [0.15, 0.2) is 48.7 Å². The van der Waals surface area contributed by atoms with Crippen molar-refractivity contribution in [2.45, 2.75) is 26.4 Å². The van der Waals surface area contributed by atoms with Gasteiger partial charge in [0, 0.05) is 18.8 Å². The van der Waals surface area contributed by atoms with Gasteiger partial charge in [0.2, 0.25) is 0 Å². The van der Waals surface area contributed by atoms with Crippen LogP contribution in [-0.2, 0) is 0 Å². The second-order valence-electron chi connectivity index (χ2n) is 4.47. The molecular weight excluding hydrogens is 236 g/mol. The fraction of sp³-hybridized carbons (Fsp3) is 0.312. The van der Waals surface area contributed by atoms with Gasteiger partial charge in [-0.25, -0.2) is 4.98 Å². The number of aromatic nitrogens is 1. The van der Waals surface area contributed by atoms with Crippen molar-refractivity contribution < 1.29 is 4.74 Å². The van der Waals surface area contributed by atoms with Crippen molar-refractivity contribution in [1.82, 2.24) is 4.98 Å². The summed E-state index contributed by atoms with van der Waals surface area (Å²) in [6, 6.07) is 14.0. The lowest BCUT2D eigenvalue weighted by Gasteiger charge is -2.15. The van der Waals surface area contributed by atoms with E-state index in [1.807, 2.05) is 30.3 Å². The Labute approximate surface area is 114 Å². The Balaban J connectivity index is 2.02. The van der Waals surface area contributed by atoms with E-state index in [1.165, 1.54) is 5.56 Å². The van der Waals surface area contributed by atoms with E-state index in [2.05, 4.69) is 36.3 Å². The molecule has 0 aliphatic rings. The number of anilines is 1. The zero-order valence-electron chi connectivity index (χ0n) is 11.5. The summed E-state index contributed by atoms with van der Waals surface area (Å²) < 4.78 is 5.94. The summed E-state index contributed by atoms with van der Waals surface area (Å²) in [5, 5.41) is 3.26. The van der Waals surface area contributed by atoms with Crippen LogP contribution in [0.2, 0.25) is 0 Å². The molecular formula is C16H20N2O. The van der Waals surface area contributed by atoms with Crippen molar-refractivity contribution >= 4 is 5.82 Å². The standard InChI is InChI=1S/C16H20N2O/c1-3-10-17-16-12-15(9-11-18-16)19-13(2)14-7-5-4-6-8-14/h4-9,11-13H,3,10H2,1-2H3,(H,17,18). The van der Waals surface area contributed by atoms with Crippen molar-refractivity contribution in [2.75, 3.05) is 11.9 Å². The van der Waals surface area contributed by atoms with Crippen molar-refractivity contribution in [3.63, 3.8) is 0 Å². The average Bonchev–Trinajstić information content (AvgIpc) is 2.46. The number of nitrogens with zero attached hydrogens (tertiary/aromatic N) is 1. The molecule has 2 rings (SSSR count). The Morgan fingerprint density at radius 2 is 2.00 bits per heavy atom. The molecule has 1 aromatic heterocycles. The van der Waals surface area contributed by atoms with Gasteiger partial charge >= 0.3 is 0 Å². The fourth-order valence-corrected chi connectivity index (χ4v) is 1.83. The lowest BCUT2D eigenvalue weighted by Crippen LogP contribution is -2.05. The number of benzene rings is 1. The minimum Gasteiger partial charge on any atom is -0.486 e. The quantitative estimate of drug-likeness (QED) is 0.846. The first kappa shape index (κ1) is 13.4. The van der Waals surface area contributed by atoms with Gasteiger partial charge in [-0.15, -0.1) is 0 Å². The van der Waals surface area contributed by atoms with Gasteiger partial charge in [0.15, 0.2) is 0 Å². The molecule has 0 spiro atoms. The Hall–Kier alpha value is -2.03. The lowest BCUT2D eigenvalue weighted by atomic mass is 10.1. The van der Waals surface area contributed by atoms with E-state index in [0.717, 1.165) is 24.5 Å². The van der Waals surface area contributed by atoms with E-state index < -0.39 is 0 Å². The summed E-state index contributed by atoms with van der Waals surface area (Å²) in [5.74, 6) is 1.70. The second kappa shape index (κ2) is 6.78. The van der Waals surface area contributed by atoms with Crippen LogP contribution in [0.1, 0.15) is 31.9 Å². The highest BCUT2D eigenvalue weighted by molar-refractivity contribution is 5.40. The third-order valence-electron chi connectivity index (χ3n) is 2.87. The van der Waals surface area contributed by atoms with Crippen LogP contribution in [-0.4, -0.2) is 11.5 Å². The highest BCUT2D eigenvalue weighted by Crippen LogP contribution is 2.22. The first-order valence-corrected chi connectivity index (χ1v) is 6.71. The molecule has 19 heavy (non-hydrogen) atoms. The monoisotopic (exact) mass is 256 g/mol. The van der Waals surface area contributed by atoms with Crippen molar-refractivity contribution in [3.05, 3.63) is 54.2 Å². The molecule has 0 saturated carbocycles. The molecule has 1 aromatic carbocycles. The topological polar surface area (TPSA) is 34.1 Å². The predicted molar refractivity (Wildman–Crippen MR) is 78.5 cm³/mol. The molecule has 0 amide bonds. The summed E-state index contributed by atoms with van der Waals surface area (Å²) in [7, 11) is 0. The lowest BCUT2D eigenvalue weighted by molar-refractivity contribution is 0.227. The zero-order chi connectivity index (χ0) is 13.5. The van der Waals surface area contributed by atoms with Crippen LogP contribution < -0.4 is 10.1 Å². The largest absolute Gasteiger partial charge is 0.486 e. The fourth-order valence-electron chi connectivity index (χ4n) is 1.83. The Morgan fingerprint density at radius 1 is 1.21 bits per heavy atom. The Bertz CT molecular complexity index is 499. The van der Waals surface area contributed by atoms with E-state index in [1.54, 1.807) is 6.20 Å². The van der Waals surface area contributed by atoms with E-state index in [0.29, 0.717) is 0 Å². The highest BCUT2D eigenvalue weighted by Gasteiger charge is 2.07. The van der Waals surface area contributed by atoms with Gasteiger partial charge in [-0.1, -0.05) is 37.3 Å². The number of hydrogen-bond acceptors (Lipinski definition) is 3. The number of hydrogen-bond donors (Lipinski definition) is 1. The van der Waals surface area contributed by atoms with Crippen molar-refractivity contribution in [3.8, 4) is 5.75 Å². The first-order chi connectivity index (χ1) is 9.29. The molecule has 0 radical (unpaired) electrons. The number of pyridine rings is 1. The van der Waals surface area contributed by atoms with Crippen LogP contribution >= 0.6 is 0 Å². The number of nitrogens with one attached hydrogen (secondary N) is 1. The van der Waals surface area contributed by atoms with Crippen LogP contribution in [0.3, 0.4) is 0 Å². The number of rotatable bonds is 6. The van der Waals surface area contributed by atoms with E-state index in [9.17, 15) is 0 Å². The molecule has 100 valence electrons. The molecule has 1 N–H and O–H groups in total. The summed E-state index contributed by atoms with van der Waals surface area (Å²) >= 11 is 0. The first-order valence-electron chi connectivity index (χ1n) is 6.71. The minimum absolute atomic E-state index is 0.0302. The van der Waals surface area contributed by atoms with Crippen molar-refractivity contribution in [1.29, 1.82) is 0 Å². The molecule has 0 saturated heterocycles. The smallest absolute Gasteiger partial charge is 0.129 e. The maximum absolute atomic E-state index is 5.94. The second-order valence-corrected chi connectivity index (χ2v) is 4.47. The van der Waals surface area contributed by atoms with Crippen LogP contribution in [0.5, 0.6) is 5.75 Å². The van der Waals surface area contributed by atoms with Crippen LogP contribution in [0.25, 0.3) is 0 Å². The van der Waals surface area contributed by atoms with Gasteiger partial charge in [0.05, 0.1) is 0 Å². The average molecular weight is 256 g/mol. The molecule has 3 nitrogen and oxygen atoms in total. The SMILES string of the molecule is CCCNc1cc(OC(C)c2ccccc2)ccn1. The summed E-state index contributed by atoms with van der Waals surface area (Å²) in [6.07, 6.45) is 2.88. The highest BCUT2D eigenvalue weighted by atomic mass is 16.5. The molecule has 1 atom stereocenters. The molecule has 2 aromatic rings. The minimum atomic E-state index is 0.0302. The van der Waals surface area contributed by atoms with Gasteiger partial charge in [0.1, 0.15) is 17.7 Å². The molecule has 1 heterocycles. The van der Waals surface area contributed by atoms with Gasteiger partial charge in [0.25, 0.3) is 0 Å². The third-order valence-corrected chi connectivity index (χ3v) is 2.87. The summed E-state index contributed by atoms with van der Waals surface area (Å²) in [4.78, 5) is 4.27. The van der Waals surface area contributed by atoms with E-state index in [4.69, 9.17) is 4.74 Å². The molecule has 1 unspecified atom stereocenters. The molecule has 0 fully saturated rings. The summed E-state index contributed by atoms with van der Waals surface area (Å²) in [5.41, 5.74) is 1.17. The van der Waals surface area contributed by atoms with E-state index in [-0.39, 0.29) is 6.10 Å². The predicted octanol–water partition coefficient (Wildman–Crippen LogP) is 4.04. The maximum Gasteiger partial charge on any atom is 0.129 e. The zero-order valence-corrected chi connectivity index (χ0v) is 11.5. The summed E-state index contributed by atoms with van der Waals surface area (Å²) in [6.45, 7) is 5.10. The third kappa shape index (κ3) is 3.98. The van der Waals surface area contributed by atoms with Gasteiger partial charge in [-0.05, 0) is 25.0 Å². The number of ether oxygens (including phenoxy) is 1. The molecule has 0 aliphatic heterocycles. The van der Waals surface area contributed by atoms with Crippen LogP contribution in [0.4, 0.5) is 5.82 Å². The molecule has 0 bridgehead atoms. The van der Waals surface area contributed by atoms with Gasteiger partial charge in [-0.2, -0.15) is 0 Å². The Kier molecular flexibility index (Phi) is 4.78. The van der Waals surface area contributed by atoms with Gasteiger partial charge < -0.3 is 10.1 Å². The normalized spacial score (nSPS) is 11.9. The van der Waals surface area contributed by atoms with Crippen molar-refractivity contribution in [2.24, 2.45) is 0 Å². The van der Waals surface area contributed by atoms with Crippen LogP contribution in [0, 0.1) is 0 Å². The molecule has 3 heteroatoms. The van der Waals surface area contributed by atoms with Gasteiger partial charge in [-0.3, -0.25) is 0 Å². The Morgan fingerprint density at radius 3 is 2.74 bits per heavy atom. The van der Waals surface area contributed by atoms with E-state index >= 15 is 0 Å².